The minimum absolute atomic E-state index is 0.123. The summed E-state index contributed by atoms with van der Waals surface area (Å²) in [5.41, 5.74) is 0.523. The van der Waals surface area contributed by atoms with E-state index in [0.717, 1.165) is 25.0 Å². The topological polar surface area (TPSA) is 102 Å². The summed E-state index contributed by atoms with van der Waals surface area (Å²) in [7, 11) is 0. The molecule has 0 aromatic heterocycles. The Hall–Kier alpha value is -2.61. The van der Waals surface area contributed by atoms with Crippen LogP contribution in [-0.4, -0.2) is 35.3 Å². The van der Waals surface area contributed by atoms with Gasteiger partial charge in [-0.25, -0.2) is 4.79 Å². The summed E-state index contributed by atoms with van der Waals surface area (Å²) in [6.45, 7) is 2.15. The average Bonchev–Trinajstić information content (AvgIpc) is 2.58. The van der Waals surface area contributed by atoms with Crippen LogP contribution < -0.4 is 15.4 Å². The number of carbonyl (C=O) groups is 4. The molecule has 1 aliphatic heterocycles. The standard InChI is InChI=1S/C18H20N2O5S/c1-12(21)26-10-4-2-3-9-25-14-7-5-13(6-8-14)11-15-16(22)19-18(24)20-17(15)23/h5-8,11H,2-4,9-10H2,1H3,(H2,19,20,22,23,24). The molecule has 1 aliphatic rings. The molecule has 0 aliphatic carbocycles. The highest BCUT2D eigenvalue weighted by atomic mass is 32.2. The van der Waals surface area contributed by atoms with Gasteiger partial charge >= 0.3 is 6.03 Å². The largest absolute Gasteiger partial charge is 0.494 e. The average molecular weight is 376 g/mol. The van der Waals surface area contributed by atoms with E-state index in [-0.39, 0.29) is 10.7 Å². The zero-order chi connectivity index (χ0) is 18.9. The number of benzene rings is 1. The van der Waals surface area contributed by atoms with Crippen molar-refractivity contribution in [1.29, 1.82) is 0 Å². The lowest BCUT2D eigenvalue weighted by Crippen LogP contribution is -2.51. The van der Waals surface area contributed by atoms with Gasteiger partial charge in [-0.05, 0) is 43.0 Å². The number of unbranched alkanes of at least 4 members (excludes halogenated alkanes) is 2. The Morgan fingerprint density at radius 3 is 2.31 bits per heavy atom. The Kier molecular flexibility index (Phi) is 7.40. The maximum absolute atomic E-state index is 11.7. The van der Waals surface area contributed by atoms with E-state index in [2.05, 4.69) is 0 Å². The Balaban J connectivity index is 1.78. The molecule has 1 fully saturated rings. The van der Waals surface area contributed by atoms with Crippen LogP contribution in [0.2, 0.25) is 0 Å². The van der Waals surface area contributed by atoms with Crippen LogP contribution in [0.15, 0.2) is 29.8 Å². The van der Waals surface area contributed by atoms with Crippen molar-refractivity contribution in [3.05, 3.63) is 35.4 Å². The summed E-state index contributed by atoms with van der Waals surface area (Å²) in [6, 6.07) is 6.13. The molecule has 8 heteroatoms. The van der Waals surface area contributed by atoms with Gasteiger partial charge in [0.2, 0.25) is 0 Å². The number of barbiturate groups is 1. The van der Waals surface area contributed by atoms with Gasteiger partial charge in [0.1, 0.15) is 11.3 Å². The van der Waals surface area contributed by atoms with Crippen molar-refractivity contribution in [2.24, 2.45) is 0 Å². The van der Waals surface area contributed by atoms with E-state index in [1.54, 1.807) is 31.2 Å². The zero-order valence-electron chi connectivity index (χ0n) is 14.4. The maximum atomic E-state index is 11.7. The summed E-state index contributed by atoms with van der Waals surface area (Å²) in [6.07, 6.45) is 4.28. The minimum atomic E-state index is -0.819. The van der Waals surface area contributed by atoms with Crippen molar-refractivity contribution >= 4 is 40.8 Å². The second-order valence-corrected chi connectivity index (χ2v) is 6.89. The van der Waals surface area contributed by atoms with E-state index in [4.69, 9.17) is 4.74 Å². The summed E-state index contributed by atoms with van der Waals surface area (Å²) in [4.78, 5) is 45.1. The normalized spacial score (nSPS) is 13.9. The molecule has 0 spiro atoms. The van der Waals surface area contributed by atoms with Gasteiger partial charge in [-0.2, -0.15) is 0 Å². The zero-order valence-corrected chi connectivity index (χ0v) is 15.2. The number of amides is 4. The van der Waals surface area contributed by atoms with Crippen LogP contribution in [0.25, 0.3) is 6.08 Å². The predicted octanol–water partition coefficient (Wildman–Crippen LogP) is 2.26. The molecule has 4 amide bonds. The maximum Gasteiger partial charge on any atom is 0.328 e. The smallest absolute Gasteiger partial charge is 0.328 e. The van der Waals surface area contributed by atoms with E-state index in [0.29, 0.717) is 17.9 Å². The van der Waals surface area contributed by atoms with E-state index in [1.165, 1.54) is 17.8 Å². The molecule has 2 N–H and O–H groups in total. The van der Waals surface area contributed by atoms with E-state index in [1.807, 2.05) is 10.6 Å². The fourth-order valence-electron chi connectivity index (χ4n) is 2.22. The predicted molar refractivity (Wildman–Crippen MR) is 98.6 cm³/mol. The Morgan fingerprint density at radius 1 is 1.04 bits per heavy atom. The van der Waals surface area contributed by atoms with Crippen LogP contribution >= 0.6 is 11.8 Å². The molecule has 1 saturated heterocycles. The summed E-state index contributed by atoms with van der Waals surface area (Å²) in [5, 5.41) is 4.19. The van der Waals surface area contributed by atoms with Gasteiger partial charge in [-0.15, -0.1) is 0 Å². The van der Waals surface area contributed by atoms with Gasteiger partial charge in [-0.1, -0.05) is 23.9 Å². The number of ether oxygens (including phenoxy) is 1. The lowest BCUT2D eigenvalue weighted by atomic mass is 10.1. The van der Waals surface area contributed by atoms with Crippen molar-refractivity contribution in [2.45, 2.75) is 26.2 Å². The van der Waals surface area contributed by atoms with Gasteiger partial charge in [0.25, 0.3) is 11.8 Å². The lowest BCUT2D eigenvalue weighted by molar-refractivity contribution is -0.124. The van der Waals surface area contributed by atoms with Crippen molar-refractivity contribution in [3.63, 3.8) is 0 Å². The first-order valence-electron chi connectivity index (χ1n) is 8.20. The van der Waals surface area contributed by atoms with Crippen molar-refractivity contribution in [1.82, 2.24) is 10.6 Å². The first-order chi connectivity index (χ1) is 12.5. The van der Waals surface area contributed by atoms with Crippen LogP contribution in [0.4, 0.5) is 4.79 Å². The second-order valence-electron chi connectivity index (χ2n) is 5.61. The lowest BCUT2D eigenvalue weighted by Gasteiger charge is -2.13. The monoisotopic (exact) mass is 376 g/mol. The van der Waals surface area contributed by atoms with Crippen molar-refractivity contribution < 1.29 is 23.9 Å². The number of hydrogen-bond donors (Lipinski definition) is 2. The molecule has 26 heavy (non-hydrogen) atoms. The molecule has 2 rings (SSSR count). The van der Waals surface area contributed by atoms with Crippen LogP contribution in [0.1, 0.15) is 31.7 Å². The van der Waals surface area contributed by atoms with Gasteiger partial charge in [0, 0.05) is 12.7 Å². The first-order valence-corrected chi connectivity index (χ1v) is 9.19. The number of carbonyl (C=O) groups excluding carboxylic acids is 4. The number of hydrogen-bond acceptors (Lipinski definition) is 6. The van der Waals surface area contributed by atoms with Gasteiger partial charge in [0.15, 0.2) is 5.12 Å². The first kappa shape index (κ1) is 19.7. The Labute approximate surface area is 155 Å². The molecule has 0 saturated carbocycles. The Bertz CT molecular complexity index is 706. The van der Waals surface area contributed by atoms with Crippen LogP contribution in [0.3, 0.4) is 0 Å². The molecule has 0 unspecified atom stereocenters. The highest BCUT2D eigenvalue weighted by molar-refractivity contribution is 8.13. The fraction of sp³-hybridized carbons (Fsp3) is 0.333. The second kappa shape index (κ2) is 9.76. The molecule has 1 aromatic carbocycles. The molecular formula is C18H20N2O5S. The van der Waals surface area contributed by atoms with Crippen LogP contribution in [-0.2, 0) is 14.4 Å². The molecule has 7 nitrogen and oxygen atoms in total. The minimum Gasteiger partial charge on any atom is -0.494 e. The molecule has 0 bridgehead atoms. The third-order valence-corrected chi connectivity index (χ3v) is 4.40. The molecule has 0 atom stereocenters. The third-order valence-electron chi connectivity index (χ3n) is 3.50. The molecular weight excluding hydrogens is 356 g/mol. The van der Waals surface area contributed by atoms with Gasteiger partial charge in [0.05, 0.1) is 6.61 Å². The number of thioether (sulfide) groups is 1. The Morgan fingerprint density at radius 2 is 1.69 bits per heavy atom. The highest BCUT2D eigenvalue weighted by Crippen LogP contribution is 2.16. The number of urea groups is 1. The number of rotatable bonds is 8. The van der Waals surface area contributed by atoms with Crippen molar-refractivity contribution in [2.75, 3.05) is 12.4 Å². The SMILES string of the molecule is CC(=O)SCCCCCOc1ccc(C=C2C(=O)NC(=O)NC2=O)cc1. The highest BCUT2D eigenvalue weighted by Gasteiger charge is 2.27. The third kappa shape index (κ3) is 6.36. The van der Waals surface area contributed by atoms with E-state index in [9.17, 15) is 19.2 Å². The molecule has 1 heterocycles. The number of imide groups is 2. The van der Waals surface area contributed by atoms with Crippen molar-refractivity contribution in [3.8, 4) is 5.75 Å². The van der Waals surface area contributed by atoms with Crippen LogP contribution in [0.5, 0.6) is 5.75 Å². The molecule has 138 valence electrons. The molecule has 1 aromatic rings. The van der Waals surface area contributed by atoms with E-state index >= 15 is 0 Å². The summed E-state index contributed by atoms with van der Waals surface area (Å²) in [5.74, 6) is 0.0906. The molecule has 0 radical (unpaired) electrons. The van der Waals surface area contributed by atoms with E-state index < -0.39 is 17.8 Å². The number of nitrogens with one attached hydrogen (secondary N) is 2. The van der Waals surface area contributed by atoms with Crippen LogP contribution in [0, 0.1) is 0 Å². The fourth-order valence-corrected chi connectivity index (χ4v) is 2.86. The quantitative estimate of drug-likeness (QED) is 0.410. The van der Waals surface area contributed by atoms with Gasteiger partial charge in [-0.3, -0.25) is 25.0 Å². The summed E-state index contributed by atoms with van der Waals surface area (Å²) < 4.78 is 5.64. The summed E-state index contributed by atoms with van der Waals surface area (Å²) >= 11 is 1.34. The van der Waals surface area contributed by atoms with Gasteiger partial charge < -0.3 is 4.74 Å².